The maximum absolute atomic E-state index is 12.8. The number of nitrogens with one attached hydrogen (secondary N) is 1. The smallest absolute Gasteiger partial charge is 0.241 e. The maximum atomic E-state index is 12.8. The lowest BCUT2D eigenvalue weighted by Gasteiger charge is -2.20. The van der Waals surface area contributed by atoms with E-state index in [9.17, 15) is 13.2 Å². The Balaban J connectivity index is 1.97. The van der Waals surface area contributed by atoms with Crippen molar-refractivity contribution < 1.29 is 17.9 Å². The van der Waals surface area contributed by atoms with E-state index in [0.29, 0.717) is 29.7 Å². The van der Waals surface area contributed by atoms with Crippen LogP contribution in [0.3, 0.4) is 0 Å². The SMILES string of the molecule is COc1ccc(C(NS(=O)(=O)c2ccc(C)cc2)C2=CCCC2=O)cc1. The van der Waals surface area contributed by atoms with Gasteiger partial charge in [0.15, 0.2) is 5.78 Å². The highest BCUT2D eigenvalue weighted by Crippen LogP contribution is 2.31. The van der Waals surface area contributed by atoms with Crippen molar-refractivity contribution in [3.8, 4) is 5.75 Å². The van der Waals surface area contributed by atoms with Gasteiger partial charge in [-0.3, -0.25) is 4.79 Å². The quantitative estimate of drug-likeness (QED) is 0.845. The number of sulfonamides is 1. The molecule has 2 aromatic carbocycles. The number of rotatable bonds is 6. The van der Waals surface area contributed by atoms with Gasteiger partial charge in [0.05, 0.1) is 18.0 Å². The fourth-order valence-electron chi connectivity index (χ4n) is 2.94. The number of allylic oxidation sites excluding steroid dienone is 1. The first-order valence-electron chi connectivity index (χ1n) is 8.37. The van der Waals surface area contributed by atoms with Crippen LogP contribution >= 0.6 is 0 Å². The molecule has 6 heteroatoms. The summed E-state index contributed by atoms with van der Waals surface area (Å²) < 4.78 is 33.5. The van der Waals surface area contributed by atoms with Gasteiger partial charge in [-0.05, 0) is 43.2 Å². The van der Waals surface area contributed by atoms with Crippen molar-refractivity contribution in [1.82, 2.24) is 4.72 Å². The van der Waals surface area contributed by atoms with Crippen LogP contribution in [0.5, 0.6) is 5.75 Å². The van der Waals surface area contributed by atoms with Crippen LogP contribution < -0.4 is 9.46 Å². The molecule has 0 radical (unpaired) electrons. The molecule has 26 heavy (non-hydrogen) atoms. The third kappa shape index (κ3) is 3.86. The summed E-state index contributed by atoms with van der Waals surface area (Å²) in [6.07, 6.45) is 2.86. The number of ether oxygens (including phenoxy) is 1. The summed E-state index contributed by atoms with van der Waals surface area (Å²) in [4.78, 5) is 12.4. The average Bonchev–Trinajstić information content (AvgIpc) is 3.06. The molecule has 1 unspecified atom stereocenters. The fourth-order valence-corrected chi connectivity index (χ4v) is 4.15. The van der Waals surface area contributed by atoms with Gasteiger partial charge in [0.2, 0.25) is 10.0 Å². The first-order valence-corrected chi connectivity index (χ1v) is 9.85. The number of hydrogen-bond acceptors (Lipinski definition) is 4. The molecule has 2 aromatic rings. The highest BCUT2D eigenvalue weighted by Gasteiger charge is 2.29. The summed E-state index contributed by atoms with van der Waals surface area (Å²) in [6, 6.07) is 12.9. The second-order valence-electron chi connectivity index (χ2n) is 6.26. The lowest BCUT2D eigenvalue weighted by Crippen LogP contribution is -2.31. The predicted octanol–water partition coefficient (Wildman–Crippen LogP) is 3.31. The minimum Gasteiger partial charge on any atom is -0.497 e. The Morgan fingerprint density at radius 1 is 1.04 bits per heavy atom. The molecule has 1 aliphatic rings. The van der Waals surface area contributed by atoms with Gasteiger partial charge in [-0.2, -0.15) is 4.72 Å². The minimum atomic E-state index is -3.78. The Morgan fingerprint density at radius 3 is 2.23 bits per heavy atom. The molecule has 1 atom stereocenters. The van der Waals surface area contributed by atoms with E-state index in [1.54, 1.807) is 55.6 Å². The second kappa shape index (κ2) is 7.43. The van der Waals surface area contributed by atoms with E-state index in [4.69, 9.17) is 4.74 Å². The van der Waals surface area contributed by atoms with Crippen molar-refractivity contribution >= 4 is 15.8 Å². The van der Waals surface area contributed by atoms with E-state index in [-0.39, 0.29) is 10.7 Å². The summed E-state index contributed by atoms with van der Waals surface area (Å²) in [5.74, 6) is 0.637. The molecule has 1 N–H and O–H groups in total. The Morgan fingerprint density at radius 2 is 1.69 bits per heavy atom. The highest BCUT2D eigenvalue weighted by atomic mass is 32.2. The standard InChI is InChI=1S/C20H21NO4S/c1-14-6-12-17(13-7-14)26(23,24)21-20(18-4-3-5-19(18)22)15-8-10-16(25-2)11-9-15/h4,6-13,20-21H,3,5H2,1-2H3. The highest BCUT2D eigenvalue weighted by molar-refractivity contribution is 7.89. The Labute approximate surface area is 153 Å². The van der Waals surface area contributed by atoms with E-state index in [1.165, 1.54) is 0 Å². The number of Topliss-reactive ketones (excluding diaryl/α,β-unsaturated/α-hetero) is 1. The first-order chi connectivity index (χ1) is 12.4. The van der Waals surface area contributed by atoms with Gasteiger partial charge in [-0.15, -0.1) is 0 Å². The normalized spacial score (nSPS) is 15.6. The number of aryl methyl sites for hydroxylation is 1. The third-order valence-electron chi connectivity index (χ3n) is 4.42. The average molecular weight is 371 g/mol. The van der Waals surface area contributed by atoms with Crippen LogP contribution in [0.4, 0.5) is 0 Å². The number of methoxy groups -OCH3 is 1. The molecule has 0 amide bonds. The molecular weight excluding hydrogens is 350 g/mol. The van der Waals surface area contributed by atoms with Crippen molar-refractivity contribution in [2.24, 2.45) is 0 Å². The zero-order valence-electron chi connectivity index (χ0n) is 14.7. The second-order valence-corrected chi connectivity index (χ2v) is 7.98. The van der Waals surface area contributed by atoms with Crippen molar-refractivity contribution in [2.45, 2.75) is 30.7 Å². The van der Waals surface area contributed by atoms with Crippen LogP contribution in [-0.2, 0) is 14.8 Å². The Bertz CT molecular complexity index is 929. The first kappa shape index (κ1) is 18.4. The molecule has 0 bridgehead atoms. The molecule has 0 aliphatic heterocycles. The summed E-state index contributed by atoms with van der Waals surface area (Å²) in [5.41, 5.74) is 2.16. The van der Waals surface area contributed by atoms with Crippen LogP contribution in [-0.4, -0.2) is 21.3 Å². The van der Waals surface area contributed by atoms with Gasteiger partial charge >= 0.3 is 0 Å². The molecule has 0 heterocycles. The summed E-state index contributed by atoms with van der Waals surface area (Å²) in [7, 11) is -2.21. The van der Waals surface area contributed by atoms with Gasteiger partial charge in [0, 0.05) is 12.0 Å². The minimum absolute atomic E-state index is 0.0302. The lowest BCUT2D eigenvalue weighted by molar-refractivity contribution is -0.115. The predicted molar refractivity (Wildman–Crippen MR) is 99.6 cm³/mol. The number of benzene rings is 2. The van der Waals surface area contributed by atoms with Crippen molar-refractivity contribution in [3.05, 3.63) is 71.3 Å². The number of carbonyl (C=O) groups excluding carboxylic acids is 1. The van der Waals surface area contributed by atoms with E-state index in [1.807, 2.05) is 13.0 Å². The third-order valence-corrected chi connectivity index (χ3v) is 5.86. The molecule has 3 rings (SSSR count). The van der Waals surface area contributed by atoms with Gasteiger partial charge < -0.3 is 4.74 Å². The Hall–Kier alpha value is -2.44. The van der Waals surface area contributed by atoms with Crippen molar-refractivity contribution in [1.29, 1.82) is 0 Å². The van der Waals surface area contributed by atoms with E-state index in [2.05, 4.69) is 4.72 Å². The summed E-state index contributed by atoms with van der Waals surface area (Å²) in [6.45, 7) is 1.89. The van der Waals surface area contributed by atoms with E-state index < -0.39 is 16.1 Å². The van der Waals surface area contributed by atoms with Crippen LogP contribution in [0.15, 0.2) is 65.1 Å². The molecular formula is C20H21NO4S. The van der Waals surface area contributed by atoms with Crippen LogP contribution in [0, 0.1) is 6.92 Å². The largest absolute Gasteiger partial charge is 0.497 e. The molecule has 0 spiro atoms. The Kier molecular flexibility index (Phi) is 5.25. The van der Waals surface area contributed by atoms with Crippen molar-refractivity contribution in [3.63, 3.8) is 0 Å². The lowest BCUT2D eigenvalue weighted by atomic mass is 9.98. The van der Waals surface area contributed by atoms with Crippen LogP contribution in [0.2, 0.25) is 0 Å². The zero-order chi connectivity index (χ0) is 18.7. The molecule has 5 nitrogen and oxygen atoms in total. The molecule has 0 saturated heterocycles. The topological polar surface area (TPSA) is 72.5 Å². The zero-order valence-corrected chi connectivity index (χ0v) is 15.5. The van der Waals surface area contributed by atoms with Gasteiger partial charge in [0.25, 0.3) is 0 Å². The fraction of sp³-hybridized carbons (Fsp3) is 0.250. The maximum Gasteiger partial charge on any atom is 0.241 e. The number of hydrogen-bond donors (Lipinski definition) is 1. The monoisotopic (exact) mass is 371 g/mol. The van der Waals surface area contributed by atoms with Crippen molar-refractivity contribution in [2.75, 3.05) is 7.11 Å². The molecule has 0 fully saturated rings. The summed E-state index contributed by atoms with van der Waals surface area (Å²) in [5, 5.41) is 0. The number of carbonyl (C=O) groups is 1. The van der Waals surface area contributed by atoms with Crippen LogP contribution in [0.1, 0.15) is 30.0 Å². The van der Waals surface area contributed by atoms with E-state index >= 15 is 0 Å². The summed E-state index contributed by atoms with van der Waals surface area (Å²) >= 11 is 0. The van der Waals surface area contributed by atoms with Gasteiger partial charge in [-0.1, -0.05) is 35.9 Å². The molecule has 0 aromatic heterocycles. The number of ketones is 1. The van der Waals surface area contributed by atoms with Gasteiger partial charge in [-0.25, -0.2) is 8.42 Å². The van der Waals surface area contributed by atoms with Crippen LogP contribution in [0.25, 0.3) is 0 Å². The molecule has 136 valence electrons. The molecule has 1 aliphatic carbocycles. The van der Waals surface area contributed by atoms with Gasteiger partial charge in [0.1, 0.15) is 5.75 Å². The molecule has 0 saturated carbocycles. The van der Waals surface area contributed by atoms with E-state index in [0.717, 1.165) is 5.56 Å².